The van der Waals surface area contributed by atoms with E-state index in [9.17, 15) is 19.5 Å². The fourth-order valence-electron chi connectivity index (χ4n) is 4.11. The van der Waals surface area contributed by atoms with Crippen LogP contribution in [0.5, 0.6) is 0 Å². The first-order valence-corrected chi connectivity index (χ1v) is 10.8. The Morgan fingerprint density at radius 1 is 1.00 bits per heavy atom. The highest BCUT2D eigenvalue weighted by molar-refractivity contribution is 7.96. The van der Waals surface area contributed by atoms with E-state index in [-0.39, 0.29) is 17.1 Å². The van der Waals surface area contributed by atoms with E-state index in [2.05, 4.69) is 25.3 Å². The summed E-state index contributed by atoms with van der Waals surface area (Å²) in [6.07, 6.45) is 11.5. The van der Waals surface area contributed by atoms with Crippen LogP contribution in [0.3, 0.4) is 0 Å². The Morgan fingerprint density at radius 3 is 2.15 bits per heavy atom. The maximum atomic E-state index is 12.4. The number of amides is 1. The molecule has 0 spiro atoms. The van der Waals surface area contributed by atoms with Crippen LogP contribution in [0.15, 0.2) is 0 Å². The van der Waals surface area contributed by atoms with Crippen molar-refractivity contribution in [3.05, 3.63) is 0 Å². The summed E-state index contributed by atoms with van der Waals surface area (Å²) < 4.78 is 0. The Morgan fingerprint density at radius 2 is 1.62 bits per heavy atom. The predicted octanol–water partition coefficient (Wildman–Crippen LogP) is 3.96. The number of hydrogen-bond donors (Lipinski definition) is 3. The Bertz CT molecular complexity index is 462. The molecule has 2 aliphatic rings. The summed E-state index contributed by atoms with van der Waals surface area (Å²) in [5, 5.41) is 9.31. The van der Waals surface area contributed by atoms with E-state index < -0.39 is 12.0 Å². The zero-order valence-electron chi connectivity index (χ0n) is 15.7. The number of carboxylic acid groups (broad SMARTS) is 1. The Kier molecular flexibility index (Phi) is 11.4. The smallest absolute Gasteiger partial charge is 0.326 e. The average Bonchev–Trinajstić information content (AvgIpc) is 2.60. The molecule has 150 valence electrons. The van der Waals surface area contributed by atoms with Gasteiger partial charge in [0.2, 0.25) is 5.91 Å². The van der Waals surface area contributed by atoms with Gasteiger partial charge in [0.05, 0.1) is 0 Å². The van der Waals surface area contributed by atoms with Crippen LogP contribution in [-0.4, -0.2) is 44.8 Å². The lowest BCUT2D eigenvalue weighted by atomic mass is 9.83. The van der Waals surface area contributed by atoms with Gasteiger partial charge in [-0.25, -0.2) is 4.79 Å². The Hall–Kier alpha value is -0.690. The normalized spacial score (nSPS) is 23.7. The molecule has 2 rings (SSSR count). The van der Waals surface area contributed by atoms with Crippen molar-refractivity contribution < 1.29 is 19.5 Å². The second kappa shape index (κ2) is 12.7. The van der Waals surface area contributed by atoms with Crippen LogP contribution in [0.1, 0.15) is 77.6 Å². The van der Waals surface area contributed by atoms with Gasteiger partial charge in [0.25, 0.3) is 0 Å². The minimum Gasteiger partial charge on any atom is -0.480 e. The molecular formula is C19H33NO4S2. The van der Waals surface area contributed by atoms with E-state index in [0.29, 0.717) is 18.6 Å². The molecule has 2 fully saturated rings. The van der Waals surface area contributed by atoms with Crippen LogP contribution in [0.4, 0.5) is 0 Å². The van der Waals surface area contributed by atoms with Crippen molar-refractivity contribution in [3.63, 3.8) is 0 Å². The molecule has 5 nitrogen and oxygen atoms in total. The van der Waals surface area contributed by atoms with Gasteiger partial charge in [-0.3, -0.25) is 9.59 Å². The number of hydrogen-bond acceptors (Lipinski definition) is 4. The van der Waals surface area contributed by atoms with Crippen LogP contribution in [0.25, 0.3) is 0 Å². The SMILES string of the molecule is CC(=O)S.O=C(O)C1CCCC(CCC2CCCCC2)N1C(=O)CCS. The fourth-order valence-corrected chi connectivity index (χ4v) is 4.30. The minimum absolute atomic E-state index is 0.0317. The number of aliphatic carboxylic acids is 1. The standard InChI is InChI=1S/C17H29NO3S.C2H4OS/c19-16(11-12-22)18-14(7-4-8-15(18)17(20)21)10-9-13-5-2-1-3-6-13;1-2(3)4/h13-15,22H,1-12H2,(H,20,21);1H3,(H,3,4). The van der Waals surface area contributed by atoms with Crippen molar-refractivity contribution in [1.29, 1.82) is 0 Å². The van der Waals surface area contributed by atoms with Crippen LogP contribution in [0, 0.1) is 5.92 Å². The van der Waals surface area contributed by atoms with Crippen molar-refractivity contribution in [2.24, 2.45) is 5.92 Å². The van der Waals surface area contributed by atoms with Gasteiger partial charge < -0.3 is 10.0 Å². The molecule has 0 aromatic carbocycles. The maximum Gasteiger partial charge on any atom is 0.326 e. The molecule has 0 aromatic heterocycles. The lowest BCUT2D eigenvalue weighted by Crippen LogP contribution is -2.53. The summed E-state index contributed by atoms with van der Waals surface area (Å²) >= 11 is 7.46. The highest BCUT2D eigenvalue weighted by Crippen LogP contribution is 2.32. The second-order valence-corrected chi connectivity index (χ2v) is 8.39. The van der Waals surface area contributed by atoms with Crippen LogP contribution < -0.4 is 0 Å². The second-order valence-electron chi connectivity index (χ2n) is 7.31. The third-order valence-electron chi connectivity index (χ3n) is 5.28. The number of carbonyl (C=O) groups is 3. The molecule has 2 atom stereocenters. The molecule has 1 aliphatic carbocycles. The number of rotatable bonds is 6. The van der Waals surface area contributed by atoms with Crippen molar-refractivity contribution in [2.45, 2.75) is 89.6 Å². The fraction of sp³-hybridized carbons (Fsp3) is 0.842. The van der Waals surface area contributed by atoms with E-state index in [0.717, 1.165) is 31.6 Å². The molecule has 0 aromatic rings. The van der Waals surface area contributed by atoms with Crippen molar-refractivity contribution in [2.75, 3.05) is 5.75 Å². The lowest BCUT2D eigenvalue weighted by Gasteiger charge is -2.41. The first-order chi connectivity index (χ1) is 12.4. The molecule has 1 amide bonds. The molecule has 0 bridgehead atoms. The van der Waals surface area contributed by atoms with Gasteiger partial charge >= 0.3 is 5.97 Å². The summed E-state index contributed by atoms with van der Waals surface area (Å²) in [5.74, 6) is 0.378. The largest absolute Gasteiger partial charge is 0.480 e. The highest BCUT2D eigenvalue weighted by Gasteiger charge is 2.37. The first-order valence-electron chi connectivity index (χ1n) is 9.71. The van der Waals surface area contributed by atoms with Gasteiger partial charge in [-0.1, -0.05) is 32.1 Å². The van der Waals surface area contributed by atoms with Gasteiger partial charge in [0, 0.05) is 19.4 Å². The minimum atomic E-state index is -0.852. The number of nitrogens with zero attached hydrogens (tertiary/aromatic N) is 1. The van der Waals surface area contributed by atoms with Crippen molar-refractivity contribution >= 4 is 42.2 Å². The summed E-state index contributed by atoms with van der Waals surface area (Å²) in [5.41, 5.74) is 0. The molecule has 2 unspecified atom stereocenters. The molecule has 1 heterocycles. The molecule has 0 radical (unpaired) electrons. The summed E-state index contributed by atoms with van der Waals surface area (Å²) in [4.78, 5) is 34.9. The van der Waals surface area contributed by atoms with Gasteiger partial charge in [-0.15, -0.1) is 12.6 Å². The van der Waals surface area contributed by atoms with E-state index in [4.69, 9.17) is 0 Å². The van der Waals surface area contributed by atoms with Crippen molar-refractivity contribution in [3.8, 4) is 0 Å². The van der Waals surface area contributed by atoms with E-state index in [1.54, 1.807) is 4.90 Å². The predicted molar refractivity (Wildman–Crippen MR) is 110 cm³/mol. The van der Waals surface area contributed by atoms with Gasteiger partial charge in [-0.05, 0) is 43.8 Å². The maximum absolute atomic E-state index is 12.4. The van der Waals surface area contributed by atoms with Crippen LogP contribution in [-0.2, 0) is 14.4 Å². The zero-order valence-corrected chi connectivity index (χ0v) is 17.5. The van der Waals surface area contributed by atoms with Gasteiger partial charge in [0.1, 0.15) is 6.04 Å². The van der Waals surface area contributed by atoms with E-state index >= 15 is 0 Å². The lowest BCUT2D eigenvalue weighted by molar-refractivity contribution is -0.155. The quantitative estimate of drug-likeness (QED) is 0.587. The summed E-state index contributed by atoms with van der Waals surface area (Å²) in [6, 6.07) is -0.512. The van der Waals surface area contributed by atoms with Crippen LogP contribution in [0.2, 0.25) is 0 Å². The Balaban J connectivity index is 0.000000765. The monoisotopic (exact) mass is 403 g/mol. The molecule has 26 heavy (non-hydrogen) atoms. The topological polar surface area (TPSA) is 74.7 Å². The average molecular weight is 404 g/mol. The number of thiol groups is 2. The summed E-state index contributed by atoms with van der Waals surface area (Å²) in [7, 11) is 0. The Labute approximate surface area is 168 Å². The number of likely N-dealkylation sites (tertiary alicyclic amines) is 1. The molecule has 1 N–H and O–H groups in total. The van der Waals surface area contributed by atoms with Crippen molar-refractivity contribution in [1.82, 2.24) is 4.90 Å². The molecule has 1 saturated carbocycles. The third-order valence-corrected chi connectivity index (χ3v) is 5.50. The number of carboxylic acids is 1. The third kappa shape index (κ3) is 8.33. The van der Waals surface area contributed by atoms with E-state index in [1.165, 1.54) is 39.0 Å². The van der Waals surface area contributed by atoms with Gasteiger partial charge in [-0.2, -0.15) is 12.6 Å². The molecular weight excluding hydrogens is 370 g/mol. The summed E-state index contributed by atoms with van der Waals surface area (Å²) in [6.45, 7) is 1.39. The number of piperidine rings is 1. The highest BCUT2D eigenvalue weighted by atomic mass is 32.1. The number of carbonyl (C=O) groups excluding carboxylic acids is 2. The van der Waals surface area contributed by atoms with E-state index in [1.807, 2.05) is 0 Å². The molecule has 1 saturated heterocycles. The van der Waals surface area contributed by atoms with Gasteiger partial charge in [0.15, 0.2) is 5.12 Å². The first kappa shape index (κ1) is 23.3. The molecule has 1 aliphatic heterocycles. The van der Waals surface area contributed by atoms with Crippen LogP contribution >= 0.6 is 25.3 Å². The zero-order chi connectivity index (χ0) is 19.5. The molecule has 7 heteroatoms.